The molecule has 1 aliphatic rings. The van der Waals surface area contributed by atoms with Crippen molar-refractivity contribution in [3.63, 3.8) is 0 Å². The van der Waals surface area contributed by atoms with Gasteiger partial charge in [-0.3, -0.25) is 15.3 Å². The highest BCUT2D eigenvalue weighted by Gasteiger charge is 2.26. The van der Waals surface area contributed by atoms with Crippen molar-refractivity contribution in [3.05, 3.63) is 29.0 Å². The normalized spacial score (nSPS) is 12.3. The monoisotopic (exact) mass is 288 g/mol. The van der Waals surface area contributed by atoms with Crippen LogP contribution in [0.1, 0.15) is 21.6 Å². The van der Waals surface area contributed by atoms with Crippen LogP contribution < -0.4 is 20.7 Å². The molecule has 0 saturated carbocycles. The van der Waals surface area contributed by atoms with E-state index in [-0.39, 0.29) is 5.91 Å². The van der Waals surface area contributed by atoms with E-state index in [1.807, 2.05) is 12.1 Å². The van der Waals surface area contributed by atoms with Gasteiger partial charge in [0.1, 0.15) is 5.69 Å². The molecule has 1 amide bonds. The maximum absolute atomic E-state index is 11.7. The summed E-state index contributed by atoms with van der Waals surface area (Å²) in [6.45, 7) is 0. The number of nitrogens with zero attached hydrogens (tertiary/aromatic N) is 1. The van der Waals surface area contributed by atoms with Crippen LogP contribution in [-0.4, -0.2) is 30.3 Å². The van der Waals surface area contributed by atoms with Crippen LogP contribution in [0, 0.1) is 0 Å². The number of ether oxygens (including phenoxy) is 2. The SMILES string of the molecule is COc1cc2c(cc1OC)-c1n[nH]c(C(=O)NN)c1CC2. The first-order valence-corrected chi connectivity index (χ1v) is 6.53. The predicted molar refractivity (Wildman–Crippen MR) is 76.2 cm³/mol. The first-order chi connectivity index (χ1) is 10.2. The standard InChI is InChI=1S/C14H16N4O3/c1-20-10-5-7-3-4-8-12(9(7)6-11(10)21-2)17-18-13(8)14(19)16-15/h5-6H,3-4,15H2,1-2H3,(H,16,19)(H,17,18). The number of H-pyrrole nitrogens is 1. The zero-order valence-electron chi connectivity index (χ0n) is 11.8. The molecule has 110 valence electrons. The Morgan fingerprint density at radius 3 is 2.67 bits per heavy atom. The fraction of sp³-hybridized carbons (Fsp3) is 0.286. The fourth-order valence-corrected chi connectivity index (χ4v) is 2.70. The summed E-state index contributed by atoms with van der Waals surface area (Å²) in [6, 6.07) is 3.84. The molecule has 7 nitrogen and oxygen atoms in total. The summed E-state index contributed by atoms with van der Waals surface area (Å²) in [6.07, 6.45) is 1.52. The first-order valence-electron chi connectivity index (χ1n) is 6.53. The number of hydrogen-bond acceptors (Lipinski definition) is 5. The second-order valence-electron chi connectivity index (χ2n) is 4.76. The minimum atomic E-state index is -0.368. The molecule has 0 radical (unpaired) electrons. The number of aromatic amines is 1. The lowest BCUT2D eigenvalue weighted by atomic mass is 9.88. The molecule has 1 aliphatic carbocycles. The molecule has 0 unspecified atom stereocenters. The summed E-state index contributed by atoms with van der Waals surface area (Å²) in [5, 5.41) is 7.02. The Balaban J connectivity index is 2.15. The largest absolute Gasteiger partial charge is 0.493 e. The third-order valence-corrected chi connectivity index (χ3v) is 3.73. The number of fused-ring (bicyclic) bond motifs is 3. The molecule has 4 N–H and O–H groups in total. The maximum atomic E-state index is 11.7. The van der Waals surface area contributed by atoms with Crippen LogP contribution in [0.15, 0.2) is 12.1 Å². The number of hydrogen-bond donors (Lipinski definition) is 3. The highest BCUT2D eigenvalue weighted by molar-refractivity contribution is 5.95. The molecular formula is C14H16N4O3. The number of hydrazine groups is 1. The predicted octanol–water partition coefficient (Wildman–Crippen LogP) is 0.796. The van der Waals surface area contributed by atoms with Gasteiger partial charge >= 0.3 is 0 Å². The van der Waals surface area contributed by atoms with Gasteiger partial charge in [-0.15, -0.1) is 0 Å². The number of amides is 1. The zero-order chi connectivity index (χ0) is 15.0. The number of nitrogen functional groups attached to an aromatic ring is 1. The lowest BCUT2D eigenvalue weighted by molar-refractivity contribution is 0.0947. The number of carbonyl (C=O) groups is 1. The van der Waals surface area contributed by atoms with Gasteiger partial charge in [-0.2, -0.15) is 5.10 Å². The van der Waals surface area contributed by atoms with Gasteiger partial charge in [-0.25, -0.2) is 5.84 Å². The molecule has 0 atom stereocenters. The van der Waals surface area contributed by atoms with Crippen molar-refractivity contribution in [3.8, 4) is 22.8 Å². The van der Waals surface area contributed by atoms with E-state index in [1.54, 1.807) is 14.2 Å². The van der Waals surface area contributed by atoms with E-state index in [4.69, 9.17) is 15.3 Å². The van der Waals surface area contributed by atoms with Crippen LogP contribution >= 0.6 is 0 Å². The Labute approximate surface area is 121 Å². The van der Waals surface area contributed by atoms with E-state index in [0.29, 0.717) is 17.2 Å². The summed E-state index contributed by atoms with van der Waals surface area (Å²) < 4.78 is 10.6. The number of methoxy groups -OCH3 is 2. The number of nitrogens with two attached hydrogens (primary N) is 1. The molecule has 0 spiro atoms. The Kier molecular flexibility index (Phi) is 3.26. The Bertz CT molecular complexity index is 708. The quantitative estimate of drug-likeness (QED) is 0.440. The Morgan fingerprint density at radius 1 is 1.29 bits per heavy atom. The first kappa shape index (κ1) is 13.4. The van der Waals surface area contributed by atoms with Crippen molar-refractivity contribution in [2.45, 2.75) is 12.8 Å². The zero-order valence-corrected chi connectivity index (χ0v) is 11.8. The van der Waals surface area contributed by atoms with Gasteiger partial charge in [0.25, 0.3) is 5.91 Å². The van der Waals surface area contributed by atoms with Gasteiger partial charge in [0.05, 0.1) is 19.9 Å². The third kappa shape index (κ3) is 2.02. The lowest BCUT2D eigenvalue weighted by Gasteiger charge is -2.18. The van der Waals surface area contributed by atoms with Crippen LogP contribution in [-0.2, 0) is 12.8 Å². The van der Waals surface area contributed by atoms with Gasteiger partial charge in [-0.05, 0) is 30.5 Å². The van der Waals surface area contributed by atoms with Crippen molar-refractivity contribution >= 4 is 5.91 Å². The number of benzene rings is 1. The minimum absolute atomic E-state index is 0.368. The molecular weight excluding hydrogens is 272 g/mol. The molecule has 0 bridgehead atoms. The second kappa shape index (κ2) is 5.10. The molecule has 0 fully saturated rings. The molecule has 1 aromatic heterocycles. The number of aromatic nitrogens is 2. The van der Waals surface area contributed by atoms with Crippen molar-refractivity contribution in [2.75, 3.05) is 14.2 Å². The van der Waals surface area contributed by atoms with Gasteiger partial charge in [0.2, 0.25) is 0 Å². The lowest BCUT2D eigenvalue weighted by Crippen LogP contribution is -2.31. The third-order valence-electron chi connectivity index (χ3n) is 3.73. The van der Waals surface area contributed by atoms with E-state index in [1.165, 1.54) is 0 Å². The van der Waals surface area contributed by atoms with Crippen LogP contribution in [0.25, 0.3) is 11.3 Å². The van der Waals surface area contributed by atoms with Gasteiger partial charge in [0, 0.05) is 11.1 Å². The van der Waals surface area contributed by atoms with Crippen LogP contribution in [0.4, 0.5) is 0 Å². The van der Waals surface area contributed by atoms with Crippen molar-refractivity contribution in [2.24, 2.45) is 5.84 Å². The number of nitrogens with one attached hydrogen (secondary N) is 2. The van der Waals surface area contributed by atoms with Gasteiger partial charge in [0.15, 0.2) is 11.5 Å². The minimum Gasteiger partial charge on any atom is -0.493 e. The number of carbonyl (C=O) groups excluding carboxylic acids is 1. The van der Waals surface area contributed by atoms with E-state index < -0.39 is 0 Å². The molecule has 0 saturated heterocycles. The molecule has 1 aromatic carbocycles. The second-order valence-corrected chi connectivity index (χ2v) is 4.76. The van der Waals surface area contributed by atoms with Crippen LogP contribution in [0.3, 0.4) is 0 Å². The molecule has 0 aliphatic heterocycles. The maximum Gasteiger partial charge on any atom is 0.283 e. The summed E-state index contributed by atoms with van der Waals surface area (Å²) in [5.74, 6) is 6.15. The average Bonchev–Trinajstić information content (AvgIpc) is 2.96. The van der Waals surface area contributed by atoms with Gasteiger partial charge < -0.3 is 9.47 Å². The van der Waals surface area contributed by atoms with E-state index in [0.717, 1.165) is 35.2 Å². The van der Waals surface area contributed by atoms with Crippen molar-refractivity contribution in [1.29, 1.82) is 0 Å². The fourth-order valence-electron chi connectivity index (χ4n) is 2.70. The summed E-state index contributed by atoms with van der Waals surface area (Å²) in [7, 11) is 3.20. The molecule has 3 rings (SSSR count). The molecule has 2 aromatic rings. The highest BCUT2D eigenvalue weighted by atomic mass is 16.5. The molecule has 7 heteroatoms. The van der Waals surface area contributed by atoms with Crippen LogP contribution in [0.2, 0.25) is 0 Å². The smallest absolute Gasteiger partial charge is 0.283 e. The Hall–Kier alpha value is -2.54. The summed E-state index contributed by atoms with van der Waals surface area (Å²) in [5.41, 5.74) is 6.23. The topological polar surface area (TPSA) is 102 Å². The summed E-state index contributed by atoms with van der Waals surface area (Å²) >= 11 is 0. The van der Waals surface area contributed by atoms with Gasteiger partial charge in [-0.1, -0.05) is 0 Å². The van der Waals surface area contributed by atoms with E-state index >= 15 is 0 Å². The Morgan fingerprint density at radius 2 is 2.00 bits per heavy atom. The number of rotatable bonds is 3. The number of aryl methyl sites for hydroxylation is 1. The molecule has 21 heavy (non-hydrogen) atoms. The molecule has 1 heterocycles. The van der Waals surface area contributed by atoms with E-state index in [2.05, 4.69) is 15.6 Å². The summed E-state index contributed by atoms with van der Waals surface area (Å²) in [4.78, 5) is 11.7. The van der Waals surface area contributed by atoms with Crippen molar-refractivity contribution < 1.29 is 14.3 Å². The highest BCUT2D eigenvalue weighted by Crippen LogP contribution is 2.40. The van der Waals surface area contributed by atoms with E-state index in [9.17, 15) is 4.79 Å². The average molecular weight is 288 g/mol. The van der Waals surface area contributed by atoms with Crippen molar-refractivity contribution in [1.82, 2.24) is 15.6 Å². The van der Waals surface area contributed by atoms with Crippen LogP contribution in [0.5, 0.6) is 11.5 Å².